The number of ether oxygens (including phenoxy) is 1. The first-order valence-corrected chi connectivity index (χ1v) is 5.99. The van der Waals surface area contributed by atoms with Gasteiger partial charge in [-0.3, -0.25) is 0 Å². The van der Waals surface area contributed by atoms with Crippen LogP contribution in [-0.4, -0.2) is 17.3 Å². The van der Waals surface area contributed by atoms with Crippen molar-refractivity contribution in [2.45, 2.75) is 32.3 Å². The fourth-order valence-electron chi connectivity index (χ4n) is 1.23. The van der Waals surface area contributed by atoms with Crippen LogP contribution >= 0.6 is 15.9 Å². The fourth-order valence-corrected chi connectivity index (χ4v) is 1.61. The number of hydrogen-bond donors (Lipinski definition) is 1. The highest BCUT2D eigenvalue weighted by molar-refractivity contribution is 9.10. The topological polar surface area (TPSA) is 29.5 Å². The molecular formula is C12H17BrO2. The Bertz CT molecular complexity index is 308. The van der Waals surface area contributed by atoms with Crippen LogP contribution in [0.15, 0.2) is 28.7 Å². The summed E-state index contributed by atoms with van der Waals surface area (Å²) in [7, 11) is 0. The Hall–Kier alpha value is -0.540. The third kappa shape index (κ3) is 3.84. The van der Waals surface area contributed by atoms with Crippen molar-refractivity contribution in [3.05, 3.63) is 28.7 Å². The molecule has 1 aromatic carbocycles. The molecule has 0 aliphatic heterocycles. The molecule has 84 valence electrons. The van der Waals surface area contributed by atoms with Gasteiger partial charge in [-0.15, -0.1) is 0 Å². The predicted octanol–water partition coefficient (Wildman–Crippen LogP) is 3.38. The van der Waals surface area contributed by atoms with Crippen LogP contribution in [0.5, 0.6) is 5.75 Å². The van der Waals surface area contributed by atoms with Crippen molar-refractivity contribution in [1.29, 1.82) is 0 Å². The largest absolute Gasteiger partial charge is 0.491 e. The summed E-state index contributed by atoms with van der Waals surface area (Å²) in [6, 6.07) is 7.64. The molecule has 2 nitrogen and oxygen atoms in total. The number of rotatable bonds is 5. The molecule has 0 unspecified atom stereocenters. The second-order valence-electron chi connectivity index (χ2n) is 3.68. The highest BCUT2D eigenvalue weighted by Crippen LogP contribution is 2.21. The van der Waals surface area contributed by atoms with E-state index in [1.54, 1.807) is 0 Å². The number of benzene rings is 1. The van der Waals surface area contributed by atoms with E-state index in [4.69, 9.17) is 4.74 Å². The first-order valence-electron chi connectivity index (χ1n) is 5.20. The lowest BCUT2D eigenvalue weighted by Gasteiger charge is -2.25. The lowest BCUT2D eigenvalue weighted by atomic mass is 9.99. The van der Waals surface area contributed by atoms with Gasteiger partial charge in [0.15, 0.2) is 0 Å². The maximum absolute atomic E-state index is 10.0. The van der Waals surface area contributed by atoms with Crippen LogP contribution in [0, 0.1) is 0 Å². The molecule has 0 aromatic heterocycles. The zero-order chi connectivity index (χ0) is 11.3. The summed E-state index contributed by atoms with van der Waals surface area (Å²) in [5.74, 6) is 0.782. The summed E-state index contributed by atoms with van der Waals surface area (Å²) in [6.45, 7) is 4.28. The molecule has 0 amide bonds. The molecule has 3 heteroatoms. The summed E-state index contributed by atoms with van der Waals surface area (Å²) >= 11 is 3.37. The van der Waals surface area contributed by atoms with Gasteiger partial charge in [0.25, 0.3) is 0 Å². The minimum absolute atomic E-state index is 0.344. The molecule has 0 heterocycles. The van der Waals surface area contributed by atoms with E-state index in [1.807, 2.05) is 38.1 Å². The number of aliphatic hydroxyl groups is 1. The highest BCUT2D eigenvalue weighted by Gasteiger charge is 2.22. The standard InChI is InChI=1S/C12H17BrO2/c1-3-12(14,4-2)9-15-11-7-5-6-10(13)8-11/h5-8,14H,3-4,9H2,1-2H3. The molecule has 1 N–H and O–H groups in total. The monoisotopic (exact) mass is 272 g/mol. The Balaban J connectivity index is 2.56. The quantitative estimate of drug-likeness (QED) is 0.891. The molecule has 0 radical (unpaired) electrons. The van der Waals surface area contributed by atoms with Crippen LogP contribution in [0.25, 0.3) is 0 Å². The SMILES string of the molecule is CCC(O)(CC)COc1cccc(Br)c1. The van der Waals surface area contributed by atoms with Crippen LogP contribution in [0.4, 0.5) is 0 Å². The lowest BCUT2D eigenvalue weighted by Crippen LogP contribution is -2.34. The second kappa shape index (κ2) is 5.52. The van der Waals surface area contributed by atoms with E-state index in [2.05, 4.69) is 15.9 Å². The lowest BCUT2D eigenvalue weighted by molar-refractivity contribution is -0.0113. The normalized spacial score (nSPS) is 11.5. The van der Waals surface area contributed by atoms with Crippen LogP contribution in [0.1, 0.15) is 26.7 Å². The Morgan fingerprint density at radius 3 is 2.53 bits per heavy atom. The second-order valence-corrected chi connectivity index (χ2v) is 4.59. The van der Waals surface area contributed by atoms with Crippen molar-refractivity contribution in [2.24, 2.45) is 0 Å². The summed E-state index contributed by atoms with van der Waals surface area (Å²) in [6.07, 6.45) is 1.41. The molecule has 1 aromatic rings. The minimum atomic E-state index is -0.706. The fraction of sp³-hybridized carbons (Fsp3) is 0.500. The van der Waals surface area contributed by atoms with Crippen LogP contribution in [-0.2, 0) is 0 Å². The van der Waals surface area contributed by atoms with E-state index in [0.717, 1.165) is 10.2 Å². The smallest absolute Gasteiger partial charge is 0.120 e. The minimum Gasteiger partial charge on any atom is -0.491 e. The van der Waals surface area contributed by atoms with Gasteiger partial charge in [0.1, 0.15) is 12.4 Å². The Morgan fingerprint density at radius 1 is 1.33 bits per heavy atom. The van der Waals surface area contributed by atoms with E-state index in [0.29, 0.717) is 19.4 Å². The zero-order valence-electron chi connectivity index (χ0n) is 9.16. The van der Waals surface area contributed by atoms with Crippen LogP contribution in [0.3, 0.4) is 0 Å². The van der Waals surface area contributed by atoms with Gasteiger partial charge in [-0.2, -0.15) is 0 Å². The number of halogens is 1. The molecule has 0 saturated carbocycles. The highest BCUT2D eigenvalue weighted by atomic mass is 79.9. The van der Waals surface area contributed by atoms with Crippen molar-refractivity contribution in [2.75, 3.05) is 6.61 Å². The Morgan fingerprint density at radius 2 is 2.00 bits per heavy atom. The molecule has 0 aliphatic carbocycles. The molecule has 0 spiro atoms. The van der Waals surface area contributed by atoms with Crippen molar-refractivity contribution in [3.8, 4) is 5.75 Å². The molecule has 1 rings (SSSR count). The van der Waals surface area contributed by atoms with Crippen molar-refractivity contribution >= 4 is 15.9 Å². The van der Waals surface area contributed by atoms with E-state index in [1.165, 1.54) is 0 Å². The van der Waals surface area contributed by atoms with Gasteiger partial charge < -0.3 is 9.84 Å². The summed E-state index contributed by atoms with van der Waals surface area (Å²) in [5.41, 5.74) is -0.706. The van der Waals surface area contributed by atoms with Crippen molar-refractivity contribution in [1.82, 2.24) is 0 Å². The maximum atomic E-state index is 10.0. The van der Waals surface area contributed by atoms with Crippen LogP contribution < -0.4 is 4.74 Å². The summed E-state index contributed by atoms with van der Waals surface area (Å²) in [5, 5.41) is 10.0. The van der Waals surface area contributed by atoms with Crippen molar-refractivity contribution < 1.29 is 9.84 Å². The summed E-state index contributed by atoms with van der Waals surface area (Å²) in [4.78, 5) is 0. The Labute approximate surface area is 99.4 Å². The van der Waals surface area contributed by atoms with Gasteiger partial charge in [0, 0.05) is 4.47 Å². The van der Waals surface area contributed by atoms with Gasteiger partial charge >= 0.3 is 0 Å². The third-order valence-corrected chi connectivity index (χ3v) is 3.11. The first-order chi connectivity index (χ1) is 7.09. The van der Waals surface area contributed by atoms with Gasteiger partial charge in [-0.25, -0.2) is 0 Å². The zero-order valence-corrected chi connectivity index (χ0v) is 10.8. The van der Waals surface area contributed by atoms with Gasteiger partial charge in [0.05, 0.1) is 5.60 Å². The van der Waals surface area contributed by atoms with E-state index >= 15 is 0 Å². The molecule has 0 fully saturated rings. The van der Waals surface area contributed by atoms with E-state index in [9.17, 15) is 5.11 Å². The average Bonchev–Trinajstić information content (AvgIpc) is 2.26. The van der Waals surface area contributed by atoms with Crippen LogP contribution in [0.2, 0.25) is 0 Å². The van der Waals surface area contributed by atoms with Gasteiger partial charge in [-0.05, 0) is 31.0 Å². The van der Waals surface area contributed by atoms with Gasteiger partial charge in [0.2, 0.25) is 0 Å². The van der Waals surface area contributed by atoms with E-state index in [-0.39, 0.29) is 0 Å². The molecule has 0 saturated heterocycles. The number of hydrogen-bond acceptors (Lipinski definition) is 2. The van der Waals surface area contributed by atoms with Gasteiger partial charge in [-0.1, -0.05) is 35.8 Å². The predicted molar refractivity (Wildman–Crippen MR) is 65.2 cm³/mol. The third-order valence-electron chi connectivity index (χ3n) is 2.62. The maximum Gasteiger partial charge on any atom is 0.120 e. The average molecular weight is 273 g/mol. The first kappa shape index (κ1) is 12.5. The van der Waals surface area contributed by atoms with Crippen molar-refractivity contribution in [3.63, 3.8) is 0 Å². The Kier molecular flexibility index (Phi) is 4.61. The molecule has 15 heavy (non-hydrogen) atoms. The molecule has 0 aliphatic rings. The molecular weight excluding hydrogens is 256 g/mol. The molecule has 0 bridgehead atoms. The van der Waals surface area contributed by atoms with E-state index < -0.39 is 5.60 Å². The molecule has 0 atom stereocenters. The summed E-state index contributed by atoms with van der Waals surface area (Å²) < 4.78 is 6.54.